The highest BCUT2D eigenvalue weighted by Crippen LogP contribution is 2.23. The summed E-state index contributed by atoms with van der Waals surface area (Å²) in [5.74, 6) is -0.463. The van der Waals surface area contributed by atoms with Crippen LogP contribution in [0.2, 0.25) is 0 Å². The molecule has 1 aromatic carbocycles. The number of sulfonamides is 1. The molecule has 26 heavy (non-hydrogen) atoms. The Labute approximate surface area is 152 Å². The van der Waals surface area contributed by atoms with E-state index in [1.165, 1.54) is 10.4 Å². The van der Waals surface area contributed by atoms with Gasteiger partial charge in [-0.25, -0.2) is 17.5 Å². The molecule has 2 heterocycles. The molecule has 0 saturated carbocycles. The average Bonchev–Trinajstić information content (AvgIpc) is 2.62. The van der Waals surface area contributed by atoms with Crippen molar-refractivity contribution in [1.29, 1.82) is 0 Å². The molecule has 2 aromatic rings. The Morgan fingerprint density at radius 1 is 1.31 bits per heavy atom. The Morgan fingerprint density at radius 3 is 2.88 bits per heavy atom. The zero-order valence-corrected chi connectivity index (χ0v) is 15.4. The fourth-order valence-electron chi connectivity index (χ4n) is 3.19. The zero-order valence-electron chi connectivity index (χ0n) is 14.6. The SMILES string of the molecule is CCCS(=O)(=O)N1CCCC(C(=O)Nc2ccc3oc(=O)ccc3c2)C1. The highest BCUT2D eigenvalue weighted by molar-refractivity contribution is 7.89. The summed E-state index contributed by atoms with van der Waals surface area (Å²) in [6.45, 7) is 2.52. The molecule has 0 aliphatic carbocycles. The van der Waals surface area contributed by atoms with Gasteiger partial charge < -0.3 is 9.73 Å². The lowest BCUT2D eigenvalue weighted by Crippen LogP contribution is -2.44. The lowest BCUT2D eigenvalue weighted by molar-refractivity contribution is -0.120. The topological polar surface area (TPSA) is 96.7 Å². The summed E-state index contributed by atoms with van der Waals surface area (Å²) >= 11 is 0. The summed E-state index contributed by atoms with van der Waals surface area (Å²) < 4.78 is 31.0. The summed E-state index contributed by atoms with van der Waals surface area (Å²) in [4.78, 5) is 23.8. The number of rotatable bonds is 5. The lowest BCUT2D eigenvalue weighted by Gasteiger charge is -2.31. The highest BCUT2D eigenvalue weighted by atomic mass is 32.2. The third kappa shape index (κ3) is 4.13. The maximum Gasteiger partial charge on any atom is 0.336 e. The van der Waals surface area contributed by atoms with Crippen molar-refractivity contribution < 1.29 is 17.6 Å². The van der Waals surface area contributed by atoms with Crippen molar-refractivity contribution in [3.63, 3.8) is 0 Å². The van der Waals surface area contributed by atoms with Gasteiger partial charge in [0.05, 0.1) is 11.7 Å². The van der Waals surface area contributed by atoms with E-state index in [0.29, 0.717) is 42.5 Å². The van der Waals surface area contributed by atoms with Crippen LogP contribution in [0.1, 0.15) is 26.2 Å². The van der Waals surface area contributed by atoms with Crippen molar-refractivity contribution in [2.24, 2.45) is 5.92 Å². The molecule has 1 aliphatic rings. The number of piperidine rings is 1. The summed E-state index contributed by atoms with van der Waals surface area (Å²) in [5.41, 5.74) is 0.611. The molecule has 1 atom stereocenters. The quantitative estimate of drug-likeness (QED) is 0.805. The predicted octanol–water partition coefficient (Wildman–Crippen LogP) is 2.18. The molecular formula is C18H22N2O5S. The van der Waals surface area contributed by atoms with E-state index in [1.807, 2.05) is 6.92 Å². The summed E-state index contributed by atoms with van der Waals surface area (Å²) in [6.07, 6.45) is 1.89. The standard InChI is InChI=1S/C18H22N2O5S/c1-2-10-26(23,24)20-9-3-4-14(12-20)18(22)19-15-6-7-16-13(11-15)5-8-17(21)25-16/h5-8,11,14H,2-4,9-10,12H2,1H3,(H,19,22). The first-order valence-corrected chi connectivity index (χ1v) is 10.3. The highest BCUT2D eigenvalue weighted by Gasteiger charge is 2.31. The van der Waals surface area contributed by atoms with Crippen LogP contribution in [0.3, 0.4) is 0 Å². The Balaban J connectivity index is 1.71. The average molecular weight is 378 g/mol. The number of hydrogen-bond acceptors (Lipinski definition) is 5. The number of carbonyl (C=O) groups is 1. The van der Waals surface area contributed by atoms with Crippen molar-refractivity contribution in [2.45, 2.75) is 26.2 Å². The van der Waals surface area contributed by atoms with E-state index in [2.05, 4.69) is 5.32 Å². The van der Waals surface area contributed by atoms with Gasteiger partial charge in [-0.05, 0) is 43.5 Å². The van der Waals surface area contributed by atoms with Crippen LogP contribution in [-0.2, 0) is 14.8 Å². The number of anilines is 1. The molecule has 1 amide bonds. The zero-order chi connectivity index (χ0) is 18.7. The van der Waals surface area contributed by atoms with Crippen LogP contribution in [0.5, 0.6) is 0 Å². The van der Waals surface area contributed by atoms with E-state index < -0.39 is 15.6 Å². The van der Waals surface area contributed by atoms with Gasteiger partial charge in [-0.2, -0.15) is 0 Å². The first kappa shape index (κ1) is 18.6. The van der Waals surface area contributed by atoms with Crippen molar-refractivity contribution in [3.8, 4) is 0 Å². The first-order valence-electron chi connectivity index (χ1n) is 8.71. The first-order chi connectivity index (χ1) is 12.4. The van der Waals surface area contributed by atoms with E-state index in [0.717, 1.165) is 0 Å². The van der Waals surface area contributed by atoms with Crippen LogP contribution in [-0.4, -0.2) is 37.5 Å². The van der Waals surface area contributed by atoms with Gasteiger partial charge in [0.2, 0.25) is 15.9 Å². The molecule has 1 fully saturated rings. The summed E-state index contributed by atoms with van der Waals surface area (Å²) in [7, 11) is -3.29. The van der Waals surface area contributed by atoms with Gasteiger partial charge >= 0.3 is 5.63 Å². The number of nitrogens with zero attached hydrogens (tertiary/aromatic N) is 1. The predicted molar refractivity (Wildman–Crippen MR) is 99.5 cm³/mol. The molecule has 3 rings (SSSR count). The van der Waals surface area contributed by atoms with E-state index >= 15 is 0 Å². The van der Waals surface area contributed by atoms with Gasteiger partial charge in [0, 0.05) is 30.2 Å². The van der Waals surface area contributed by atoms with E-state index in [1.54, 1.807) is 24.3 Å². The molecule has 0 bridgehead atoms. The van der Waals surface area contributed by atoms with Crippen LogP contribution < -0.4 is 10.9 Å². The second-order valence-corrected chi connectivity index (χ2v) is 8.60. The number of amides is 1. The molecule has 0 radical (unpaired) electrons. The number of hydrogen-bond donors (Lipinski definition) is 1. The van der Waals surface area contributed by atoms with Gasteiger partial charge in [-0.1, -0.05) is 6.92 Å². The minimum atomic E-state index is -3.29. The van der Waals surface area contributed by atoms with Crippen molar-refractivity contribution in [3.05, 3.63) is 40.8 Å². The fourth-order valence-corrected chi connectivity index (χ4v) is 4.78. The molecule has 8 heteroatoms. The van der Waals surface area contributed by atoms with Crippen LogP contribution >= 0.6 is 0 Å². The van der Waals surface area contributed by atoms with Crippen LogP contribution in [0.25, 0.3) is 11.0 Å². The van der Waals surface area contributed by atoms with Gasteiger partial charge in [0.25, 0.3) is 0 Å². The van der Waals surface area contributed by atoms with Crippen molar-refractivity contribution >= 4 is 32.6 Å². The Hall–Kier alpha value is -2.19. The lowest BCUT2D eigenvalue weighted by atomic mass is 9.98. The van der Waals surface area contributed by atoms with Gasteiger partial charge in [-0.3, -0.25) is 4.79 Å². The fraction of sp³-hybridized carbons (Fsp3) is 0.444. The Morgan fingerprint density at radius 2 is 2.12 bits per heavy atom. The van der Waals surface area contributed by atoms with E-state index in [4.69, 9.17) is 4.42 Å². The second-order valence-electron chi connectivity index (χ2n) is 6.51. The minimum Gasteiger partial charge on any atom is -0.423 e. The number of carbonyl (C=O) groups excluding carboxylic acids is 1. The van der Waals surface area contributed by atoms with Crippen LogP contribution in [0.4, 0.5) is 5.69 Å². The number of benzene rings is 1. The molecule has 1 aliphatic heterocycles. The minimum absolute atomic E-state index is 0.108. The van der Waals surface area contributed by atoms with Crippen LogP contribution in [0.15, 0.2) is 39.5 Å². The Kier molecular flexibility index (Phi) is 5.43. The largest absolute Gasteiger partial charge is 0.423 e. The summed E-state index contributed by atoms with van der Waals surface area (Å²) in [5, 5.41) is 3.55. The molecular weight excluding hydrogens is 356 g/mol. The molecule has 0 spiro atoms. The molecule has 1 N–H and O–H groups in total. The maximum atomic E-state index is 12.6. The van der Waals surface area contributed by atoms with Gasteiger partial charge in [-0.15, -0.1) is 0 Å². The normalized spacial score (nSPS) is 18.7. The molecule has 7 nitrogen and oxygen atoms in total. The molecule has 1 aromatic heterocycles. The van der Waals surface area contributed by atoms with Crippen molar-refractivity contribution in [2.75, 3.05) is 24.2 Å². The Bertz CT molecular complexity index is 967. The number of fused-ring (bicyclic) bond motifs is 1. The summed E-state index contributed by atoms with van der Waals surface area (Å²) in [6, 6.07) is 7.98. The van der Waals surface area contributed by atoms with Crippen molar-refractivity contribution in [1.82, 2.24) is 4.31 Å². The van der Waals surface area contributed by atoms with Gasteiger partial charge in [0.15, 0.2) is 0 Å². The number of nitrogens with one attached hydrogen (secondary N) is 1. The molecule has 140 valence electrons. The third-order valence-electron chi connectivity index (χ3n) is 4.50. The van der Waals surface area contributed by atoms with E-state index in [9.17, 15) is 18.0 Å². The maximum absolute atomic E-state index is 12.6. The second kappa shape index (κ2) is 7.59. The van der Waals surface area contributed by atoms with Gasteiger partial charge in [0.1, 0.15) is 5.58 Å². The molecule has 1 unspecified atom stereocenters. The van der Waals surface area contributed by atoms with Crippen LogP contribution in [0, 0.1) is 5.92 Å². The van der Waals surface area contributed by atoms with E-state index in [-0.39, 0.29) is 24.1 Å². The smallest absolute Gasteiger partial charge is 0.336 e. The third-order valence-corrected chi connectivity index (χ3v) is 6.54. The molecule has 1 saturated heterocycles. The monoisotopic (exact) mass is 378 g/mol.